The Bertz CT molecular complexity index is 1400. The van der Waals surface area contributed by atoms with Gasteiger partial charge in [-0.05, 0) is 53.6 Å². The van der Waals surface area contributed by atoms with E-state index in [1.165, 1.54) is 12.1 Å². The Morgan fingerprint density at radius 2 is 1.32 bits per heavy atom. The molecule has 0 unspecified atom stereocenters. The quantitative estimate of drug-likeness (QED) is 0.223. The van der Waals surface area contributed by atoms with Gasteiger partial charge in [-0.15, -0.1) is 0 Å². The van der Waals surface area contributed by atoms with E-state index in [0.717, 1.165) is 0 Å². The Balaban J connectivity index is 1.65. The van der Waals surface area contributed by atoms with Crippen LogP contribution >= 0.6 is 46.4 Å². The molecule has 4 rings (SSSR count). The van der Waals surface area contributed by atoms with E-state index in [-0.39, 0.29) is 11.5 Å². The van der Waals surface area contributed by atoms with Crippen molar-refractivity contribution in [3.8, 4) is 11.3 Å². The van der Waals surface area contributed by atoms with Crippen LogP contribution in [0, 0.1) is 0 Å². The minimum atomic E-state index is -4.03. The molecular formula is C24H15Cl4NO4S. The number of halogens is 4. The number of aromatic nitrogens is 1. The summed E-state index contributed by atoms with van der Waals surface area (Å²) in [6.07, 6.45) is 0. The first-order chi connectivity index (χ1) is 16.1. The number of sulfone groups is 1. The number of nitrogens with zero attached hydrogens (tertiary/aromatic N) is 1. The highest BCUT2D eigenvalue weighted by Crippen LogP contribution is 2.34. The molecule has 1 aromatic heterocycles. The average molecular weight is 555 g/mol. The molecule has 0 aliphatic rings. The molecule has 174 valence electrons. The summed E-state index contributed by atoms with van der Waals surface area (Å²) in [7, 11) is -4.03. The zero-order valence-electron chi connectivity index (χ0n) is 17.2. The first-order valence-electron chi connectivity index (χ1n) is 9.82. The minimum absolute atomic E-state index is 0.129. The van der Waals surface area contributed by atoms with E-state index in [2.05, 4.69) is 5.16 Å². The predicted molar refractivity (Wildman–Crippen MR) is 135 cm³/mol. The number of ketones is 1. The van der Waals surface area contributed by atoms with Gasteiger partial charge in [0.1, 0.15) is 11.0 Å². The lowest BCUT2D eigenvalue weighted by Gasteiger charge is -2.18. The maximum absolute atomic E-state index is 13.5. The van der Waals surface area contributed by atoms with Crippen LogP contribution in [0.3, 0.4) is 0 Å². The number of carbonyl (C=O) groups is 1. The van der Waals surface area contributed by atoms with Crippen molar-refractivity contribution in [2.75, 3.05) is 5.75 Å². The predicted octanol–water partition coefficient (Wildman–Crippen LogP) is 7.34. The number of benzene rings is 3. The summed E-state index contributed by atoms with van der Waals surface area (Å²) in [5.41, 5.74) is 1.28. The second-order valence-corrected chi connectivity index (χ2v) is 11.2. The van der Waals surface area contributed by atoms with E-state index >= 15 is 0 Å². The standard InChI is InChI=1S/C24H15Cl4NO4S/c25-16-5-1-14(2-6-16)24(15-3-7-17(26)8-4-15)34(31,32)13-22(30)21-12-23(33-29-21)19-10-9-18(27)11-20(19)28/h1-12,24H,13H2. The molecular weight excluding hydrogens is 540 g/mol. The Labute approximate surface area is 216 Å². The van der Waals surface area contributed by atoms with Gasteiger partial charge in [-0.25, -0.2) is 8.42 Å². The van der Waals surface area contributed by atoms with E-state index in [1.807, 2.05) is 0 Å². The SMILES string of the molecule is O=C(CS(=O)(=O)C(c1ccc(Cl)cc1)c1ccc(Cl)cc1)c1cc(-c2ccc(Cl)cc2Cl)on1. The molecule has 0 radical (unpaired) electrons. The van der Waals surface area contributed by atoms with Crippen molar-refractivity contribution >= 4 is 62.0 Å². The molecule has 0 spiro atoms. The van der Waals surface area contributed by atoms with Crippen LogP contribution in [0.25, 0.3) is 11.3 Å². The van der Waals surface area contributed by atoms with Crippen LogP contribution in [0.2, 0.25) is 20.1 Å². The molecule has 3 aromatic carbocycles. The molecule has 0 saturated heterocycles. The molecule has 1 heterocycles. The number of carbonyl (C=O) groups excluding carboxylic acids is 1. The first-order valence-corrected chi connectivity index (χ1v) is 13.0. The van der Waals surface area contributed by atoms with Crippen LogP contribution in [-0.2, 0) is 9.84 Å². The third-order valence-corrected chi connectivity index (χ3v) is 8.01. The van der Waals surface area contributed by atoms with Gasteiger partial charge in [0.25, 0.3) is 0 Å². The van der Waals surface area contributed by atoms with Crippen LogP contribution in [-0.4, -0.2) is 25.1 Å². The smallest absolute Gasteiger partial charge is 0.199 e. The normalized spacial score (nSPS) is 11.7. The fourth-order valence-corrected chi connectivity index (χ4v) is 6.02. The van der Waals surface area contributed by atoms with Gasteiger partial charge < -0.3 is 4.52 Å². The third-order valence-electron chi connectivity index (χ3n) is 5.03. The molecule has 0 fully saturated rings. The van der Waals surface area contributed by atoms with Crippen molar-refractivity contribution < 1.29 is 17.7 Å². The molecule has 0 atom stereocenters. The summed E-state index contributed by atoms with van der Waals surface area (Å²) in [6, 6.07) is 18.9. The number of rotatable bonds is 7. The van der Waals surface area contributed by atoms with Gasteiger partial charge in [-0.2, -0.15) is 0 Å². The molecule has 5 nitrogen and oxygen atoms in total. The Morgan fingerprint density at radius 3 is 1.85 bits per heavy atom. The summed E-state index contributed by atoms with van der Waals surface area (Å²) in [6.45, 7) is 0. The molecule has 0 N–H and O–H groups in total. The van der Waals surface area contributed by atoms with Crippen LogP contribution in [0.4, 0.5) is 0 Å². The summed E-state index contributed by atoms with van der Waals surface area (Å²) >= 11 is 24.1. The van der Waals surface area contributed by atoms with Crippen molar-refractivity contribution in [2.45, 2.75) is 5.25 Å². The van der Waals surface area contributed by atoms with E-state index in [4.69, 9.17) is 50.9 Å². The van der Waals surface area contributed by atoms with Crippen LogP contribution in [0.15, 0.2) is 77.3 Å². The second kappa shape index (κ2) is 10.1. The highest BCUT2D eigenvalue weighted by Gasteiger charge is 2.32. The number of hydrogen-bond donors (Lipinski definition) is 0. The second-order valence-electron chi connectivity index (χ2n) is 7.41. The fourth-order valence-electron chi connectivity index (χ4n) is 3.45. The Morgan fingerprint density at radius 1 is 0.794 bits per heavy atom. The summed E-state index contributed by atoms with van der Waals surface area (Å²) in [4.78, 5) is 12.9. The van der Waals surface area contributed by atoms with Crippen molar-refractivity contribution in [1.29, 1.82) is 0 Å². The van der Waals surface area contributed by atoms with Crippen LogP contribution in [0.5, 0.6) is 0 Å². The first kappa shape index (κ1) is 24.8. The van der Waals surface area contributed by atoms with Gasteiger partial charge in [0.2, 0.25) is 0 Å². The highest BCUT2D eigenvalue weighted by atomic mass is 35.5. The van der Waals surface area contributed by atoms with Crippen LogP contribution in [0.1, 0.15) is 26.9 Å². The molecule has 0 aliphatic heterocycles. The van der Waals surface area contributed by atoms with E-state index in [1.54, 1.807) is 60.7 Å². The molecule has 0 amide bonds. The molecule has 0 aliphatic carbocycles. The van der Waals surface area contributed by atoms with Crippen molar-refractivity contribution in [3.05, 3.63) is 110 Å². The van der Waals surface area contributed by atoms with Gasteiger partial charge in [0, 0.05) is 26.7 Å². The maximum atomic E-state index is 13.5. The highest BCUT2D eigenvalue weighted by molar-refractivity contribution is 7.92. The Kier molecular flexibility index (Phi) is 7.36. The summed E-state index contributed by atoms with van der Waals surface area (Å²) < 4.78 is 32.2. The van der Waals surface area contributed by atoms with Gasteiger partial charge in [0.05, 0.1) is 5.02 Å². The lowest BCUT2D eigenvalue weighted by atomic mass is 10.0. The summed E-state index contributed by atoms with van der Waals surface area (Å²) in [5, 5.41) is 4.31. The van der Waals surface area contributed by atoms with Crippen molar-refractivity contribution in [3.63, 3.8) is 0 Å². The number of hydrogen-bond acceptors (Lipinski definition) is 5. The van der Waals surface area contributed by atoms with E-state index in [9.17, 15) is 13.2 Å². The minimum Gasteiger partial charge on any atom is -0.356 e. The molecule has 34 heavy (non-hydrogen) atoms. The Hall–Kier alpha value is -2.35. The van der Waals surface area contributed by atoms with Crippen molar-refractivity contribution in [2.24, 2.45) is 0 Å². The molecule has 0 saturated carbocycles. The molecule has 10 heteroatoms. The largest absolute Gasteiger partial charge is 0.356 e. The zero-order valence-corrected chi connectivity index (χ0v) is 21.1. The average Bonchev–Trinajstić information content (AvgIpc) is 3.26. The van der Waals surface area contributed by atoms with E-state index in [0.29, 0.717) is 36.8 Å². The third kappa shape index (κ3) is 5.48. The maximum Gasteiger partial charge on any atom is 0.199 e. The van der Waals surface area contributed by atoms with E-state index < -0.39 is 26.6 Å². The van der Waals surface area contributed by atoms with Crippen molar-refractivity contribution in [1.82, 2.24) is 5.16 Å². The van der Waals surface area contributed by atoms with Crippen LogP contribution < -0.4 is 0 Å². The molecule has 4 aromatic rings. The monoisotopic (exact) mass is 553 g/mol. The molecule has 0 bridgehead atoms. The zero-order chi connectivity index (χ0) is 24.5. The number of Topliss-reactive ketones (excluding diaryl/α,β-unsaturated/α-hetero) is 1. The van der Waals surface area contributed by atoms with Gasteiger partial charge in [0.15, 0.2) is 27.1 Å². The topological polar surface area (TPSA) is 77.2 Å². The lowest BCUT2D eigenvalue weighted by molar-refractivity contribution is 0.101. The summed E-state index contributed by atoms with van der Waals surface area (Å²) in [5.74, 6) is -1.29. The fraction of sp³-hybridized carbons (Fsp3) is 0.0833. The van der Waals surface area contributed by atoms with Gasteiger partial charge in [-0.3, -0.25) is 4.79 Å². The van der Waals surface area contributed by atoms with Gasteiger partial charge >= 0.3 is 0 Å². The lowest BCUT2D eigenvalue weighted by Crippen LogP contribution is -2.23. The van der Waals surface area contributed by atoms with Gasteiger partial charge in [-0.1, -0.05) is 75.8 Å².